The smallest absolute Gasteiger partial charge is 0.334 e. The predicted octanol–water partition coefficient (Wildman–Crippen LogP) is 2.07. The summed E-state index contributed by atoms with van der Waals surface area (Å²) in [5, 5.41) is 9.40. The molecule has 2 rings (SSSR count). The molecule has 1 aliphatic heterocycles. The minimum Gasteiger partial charge on any atom is -0.461 e. The molecular formula is C17H22O5. The highest BCUT2D eigenvalue weighted by atomic mass is 16.6. The number of carbonyl (C=O) groups excluding carboxylic acids is 2. The summed E-state index contributed by atoms with van der Waals surface area (Å²) >= 11 is 0. The molecule has 0 bridgehead atoms. The SMILES string of the molecule is C=C1C(=O)O[C@@H]2/C=C(\COC(C)=O)CC/C=C(/CO)CC[C@@H]12. The van der Waals surface area contributed by atoms with Gasteiger partial charge < -0.3 is 14.6 Å². The Balaban J connectivity index is 2.21. The van der Waals surface area contributed by atoms with Crippen LogP contribution in [0, 0.1) is 5.92 Å². The molecule has 5 heteroatoms. The van der Waals surface area contributed by atoms with E-state index in [-0.39, 0.29) is 37.2 Å². The molecule has 5 nitrogen and oxygen atoms in total. The number of hydrogen-bond donors (Lipinski definition) is 1. The zero-order valence-electron chi connectivity index (χ0n) is 12.8. The van der Waals surface area contributed by atoms with E-state index < -0.39 is 0 Å². The monoisotopic (exact) mass is 306 g/mol. The van der Waals surface area contributed by atoms with Crippen molar-refractivity contribution in [1.29, 1.82) is 0 Å². The third kappa shape index (κ3) is 4.07. The molecule has 120 valence electrons. The van der Waals surface area contributed by atoms with Crippen LogP contribution in [0.3, 0.4) is 0 Å². The second kappa shape index (κ2) is 7.40. The first kappa shape index (κ1) is 16.5. The van der Waals surface area contributed by atoms with Gasteiger partial charge in [0, 0.05) is 18.4 Å². The third-order valence-electron chi connectivity index (χ3n) is 4.09. The summed E-state index contributed by atoms with van der Waals surface area (Å²) in [6, 6.07) is 0. The Labute approximate surface area is 130 Å². The maximum Gasteiger partial charge on any atom is 0.334 e. The highest BCUT2D eigenvalue weighted by molar-refractivity contribution is 5.91. The number of carbonyl (C=O) groups is 2. The van der Waals surface area contributed by atoms with Gasteiger partial charge in [0.05, 0.1) is 6.61 Å². The number of esters is 2. The highest BCUT2D eigenvalue weighted by Crippen LogP contribution is 2.34. The molecule has 2 aliphatic rings. The summed E-state index contributed by atoms with van der Waals surface area (Å²) < 4.78 is 10.4. The highest BCUT2D eigenvalue weighted by Gasteiger charge is 2.37. The van der Waals surface area contributed by atoms with Crippen molar-refractivity contribution < 1.29 is 24.2 Å². The molecular weight excluding hydrogens is 284 g/mol. The van der Waals surface area contributed by atoms with Gasteiger partial charge in [0.15, 0.2) is 0 Å². The molecule has 0 aromatic carbocycles. The zero-order chi connectivity index (χ0) is 16.1. The molecule has 0 aromatic heterocycles. The molecule has 1 fully saturated rings. The lowest BCUT2D eigenvalue weighted by Crippen LogP contribution is -2.17. The minimum absolute atomic E-state index is 0.0155. The molecule has 0 radical (unpaired) electrons. The second-order valence-electron chi connectivity index (χ2n) is 5.70. The van der Waals surface area contributed by atoms with Crippen molar-refractivity contribution in [3.05, 3.63) is 35.5 Å². The van der Waals surface area contributed by atoms with E-state index >= 15 is 0 Å². The Hall–Kier alpha value is -1.88. The van der Waals surface area contributed by atoms with Crippen molar-refractivity contribution in [1.82, 2.24) is 0 Å². The van der Waals surface area contributed by atoms with E-state index in [1.807, 2.05) is 12.2 Å². The summed E-state index contributed by atoms with van der Waals surface area (Å²) in [4.78, 5) is 22.8. The number of hydrogen-bond acceptors (Lipinski definition) is 5. The fourth-order valence-electron chi connectivity index (χ4n) is 2.80. The summed E-state index contributed by atoms with van der Waals surface area (Å²) in [5.74, 6) is -0.798. The summed E-state index contributed by atoms with van der Waals surface area (Å²) in [7, 11) is 0. The molecule has 1 N–H and O–H groups in total. The molecule has 22 heavy (non-hydrogen) atoms. The standard InChI is InChI=1S/C17H22O5/c1-11-15-7-6-13(9-18)4-3-5-14(10-21-12(2)19)8-16(15)22-17(11)20/h4,8,15-16,18H,1,3,5-7,9-10H2,2H3/b13-4+,14-8-/t15-,16+/m0/s1. The molecule has 1 saturated heterocycles. The number of aliphatic hydroxyl groups excluding tert-OH is 1. The van der Waals surface area contributed by atoms with Gasteiger partial charge in [-0.15, -0.1) is 0 Å². The van der Waals surface area contributed by atoms with Crippen LogP contribution >= 0.6 is 0 Å². The van der Waals surface area contributed by atoms with Gasteiger partial charge in [-0.3, -0.25) is 4.79 Å². The van der Waals surface area contributed by atoms with E-state index in [9.17, 15) is 14.7 Å². The van der Waals surface area contributed by atoms with Crippen molar-refractivity contribution in [3.63, 3.8) is 0 Å². The van der Waals surface area contributed by atoms with Crippen LogP contribution in [0.2, 0.25) is 0 Å². The van der Waals surface area contributed by atoms with E-state index in [0.29, 0.717) is 18.4 Å². The summed E-state index contributed by atoms with van der Waals surface area (Å²) in [6.45, 7) is 5.41. The quantitative estimate of drug-likeness (QED) is 0.491. The number of aliphatic hydroxyl groups is 1. The van der Waals surface area contributed by atoms with E-state index in [1.165, 1.54) is 6.92 Å². The van der Waals surface area contributed by atoms with Gasteiger partial charge in [0.2, 0.25) is 0 Å². The molecule has 0 spiro atoms. The van der Waals surface area contributed by atoms with Crippen molar-refractivity contribution in [2.45, 2.75) is 38.7 Å². The number of ether oxygens (including phenoxy) is 2. The van der Waals surface area contributed by atoms with Crippen molar-refractivity contribution in [2.24, 2.45) is 5.92 Å². The van der Waals surface area contributed by atoms with Gasteiger partial charge in [-0.1, -0.05) is 12.7 Å². The topological polar surface area (TPSA) is 72.8 Å². The summed E-state index contributed by atoms with van der Waals surface area (Å²) in [6.07, 6.45) is 6.44. The van der Waals surface area contributed by atoms with Crippen LogP contribution in [0.5, 0.6) is 0 Å². The van der Waals surface area contributed by atoms with Gasteiger partial charge in [-0.05, 0) is 42.9 Å². The first-order valence-corrected chi connectivity index (χ1v) is 7.52. The first-order valence-electron chi connectivity index (χ1n) is 7.52. The van der Waals surface area contributed by atoms with Gasteiger partial charge >= 0.3 is 11.9 Å². The molecule has 0 saturated carbocycles. The van der Waals surface area contributed by atoms with Crippen LogP contribution in [0.4, 0.5) is 0 Å². The lowest BCUT2D eigenvalue weighted by molar-refractivity contribution is -0.140. The normalized spacial score (nSPS) is 30.5. The fraction of sp³-hybridized carbons (Fsp3) is 0.529. The maximum absolute atomic E-state index is 11.8. The Kier molecular flexibility index (Phi) is 5.55. The van der Waals surface area contributed by atoms with Gasteiger partial charge in [-0.2, -0.15) is 0 Å². The number of fused-ring (bicyclic) bond motifs is 1. The van der Waals surface area contributed by atoms with Crippen molar-refractivity contribution in [3.8, 4) is 0 Å². The van der Waals surface area contributed by atoms with Crippen LogP contribution in [-0.2, 0) is 19.1 Å². The van der Waals surface area contributed by atoms with E-state index in [0.717, 1.165) is 24.0 Å². The average Bonchev–Trinajstić information content (AvgIpc) is 2.75. The lowest BCUT2D eigenvalue weighted by Gasteiger charge is -2.19. The van der Waals surface area contributed by atoms with Crippen molar-refractivity contribution >= 4 is 11.9 Å². The maximum atomic E-state index is 11.8. The van der Waals surface area contributed by atoms with Gasteiger partial charge in [0.1, 0.15) is 12.7 Å². The van der Waals surface area contributed by atoms with E-state index in [1.54, 1.807) is 0 Å². The number of allylic oxidation sites excluding steroid dienone is 1. The molecule has 2 atom stereocenters. The van der Waals surface area contributed by atoms with E-state index in [4.69, 9.17) is 9.47 Å². The van der Waals surface area contributed by atoms with Gasteiger partial charge in [-0.25, -0.2) is 4.79 Å². The molecule has 1 heterocycles. The Bertz CT molecular complexity index is 529. The summed E-state index contributed by atoms with van der Waals surface area (Å²) in [5.41, 5.74) is 2.36. The molecule has 0 aromatic rings. The van der Waals surface area contributed by atoms with Crippen LogP contribution in [0.1, 0.15) is 32.6 Å². The zero-order valence-corrected chi connectivity index (χ0v) is 12.8. The second-order valence-corrected chi connectivity index (χ2v) is 5.70. The van der Waals surface area contributed by atoms with Crippen LogP contribution < -0.4 is 0 Å². The van der Waals surface area contributed by atoms with Crippen LogP contribution in [-0.4, -0.2) is 36.4 Å². The van der Waals surface area contributed by atoms with Crippen molar-refractivity contribution in [2.75, 3.05) is 13.2 Å². The predicted molar refractivity (Wildman–Crippen MR) is 80.9 cm³/mol. The largest absolute Gasteiger partial charge is 0.461 e. The molecule has 0 amide bonds. The Morgan fingerprint density at radius 3 is 2.91 bits per heavy atom. The molecule has 1 aliphatic carbocycles. The Morgan fingerprint density at radius 1 is 1.45 bits per heavy atom. The third-order valence-corrected chi connectivity index (χ3v) is 4.09. The van der Waals surface area contributed by atoms with Gasteiger partial charge in [0.25, 0.3) is 0 Å². The Morgan fingerprint density at radius 2 is 2.23 bits per heavy atom. The van der Waals surface area contributed by atoms with E-state index in [2.05, 4.69) is 6.58 Å². The minimum atomic E-state index is -0.369. The van der Waals surface area contributed by atoms with Crippen LogP contribution in [0.25, 0.3) is 0 Å². The fourth-order valence-corrected chi connectivity index (χ4v) is 2.80. The number of rotatable bonds is 3. The first-order chi connectivity index (χ1) is 10.5. The lowest BCUT2D eigenvalue weighted by atomic mass is 9.88. The van der Waals surface area contributed by atoms with Crippen LogP contribution in [0.15, 0.2) is 35.5 Å². The molecule has 0 unspecified atom stereocenters. The average molecular weight is 306 g/mol.